The summed E-state index contributed by atoms with van der Waals surface area (Å²) in [5.74, 6) is 2.84. The fourth-order valence-corrected chi connectivity index (χ4v) is 8.19. The molecule has 0 saturated heterocycles. The molecule has 2 heteroatoms. The Bertz CT molecular complexity index is 276. The summed E-state index contributed by atoms with van der Waals surface area (Å²) >= 11 is 0. The molecule has 0 spiro atoms. The van der Waals surface area contributed by atoms with E-state index in [1.807, 2.05) is 0 Å². The van der Waals surface area contributed by atoms with E-state index in [4.69, 9.17) is 10.8 Å². The molecule has 24 heavy (non-hydrogen) atoms. The van der Waals surface area contributed by atoms with E-state index in [0.29, 0.717) is 0 Å². The van der Waals surface area contributed by atoms with Crippen LogP contribution in [0.3, 0.4) is 0 Å². The van der Waals surface area contributed by atoms with Crippen LogP contribution in [0, 0.1) is 12.3 Å². The van der Waals surface area contributed by atoms with Gasteiger partial charge in [-0.3, -0.25) is 0 Å². The molecule has 0 aromatic heterocycles. The number of unbranched alkanes of at least 4 members (excludes halogenated alkanes) is 9. The third-order valence-corrected chi connectivity index (χ3v) is 9.77. The molecule has 0 heterocycles. The normalized spacial score (nSPS) is 13.0. The summed E-state index contributed by atoms with van der Waals surface area (Å²) in [7, 11) is -1.67. The largest absolute Gasteiger partial charge is 0.404 e. The molecule has 0 radical (unpaired) electrons. The van der Waals surface area contributed by atoms with E-state index in [2.05, 4.69) is 33.6 Å². The fraction of sp³-hybridized carbons (Fsp3) is 0.909. The summed E-state index contributed by atoms with van der Waals surface area (Å²) in [5.41, 5.74) is 0. The SMILES string of the molecule is C#CC(C)O[Si](CCCCCC)(CCCCCC)CCCCCC. The Morgan fingerprint density at radius 2 is 1.08 bits per heavy atom. The molecule has 0 fully saturated rings. The van der Waals surface area contributed by atoms with Crippen LogP contribution in [0.5, 0.6) is 0 Å². The Hall–Kier alpha value is -0.263. The van der Waals surface area contributed by atoms with Crippen LogP contribution in [-0.4, -0.2) is 14.4 Å². The Kier molecular flexibility index (Phi) is 16.0. The van der Waals surface area contributed by atoms with Crippen molar-refractivity contribution in [3.8, 4) is 12.3 Å². The smallest absolute Gasteiger partial charge is 0.194 e. The van der Waals surface area contributed by atoms with Crippen LogP contribution in [0.4, 0.5) is 0 Å². The molecule has 0 bridgehead atoms. The van der Waals surface area contributed by atoms with Gasteiger partial charge in [0.25, 0.3) is 0 Å². The van der Waals surface area contributed by atoms with Crippen molar-refractivity contribution in [1.29, 1.82) is 0 Å². The molecule has 1 atom stereocenters. The minimum Gasteiger partial charge on any atom is -0.404 e. The number of terminal acetylenes is 1. The minimum atomic E-state index is -1.67. The van der Waals surface area contributed by atoms with Crippen LogP contribution < -0.4 is 0 Å². The van der Waals surface area contributed by atoms with Gasteiger partial charge in [0, 0.05) is 0 Å². The zero-order valence-electron chi connectivity index (χ0n) is 17.2. The summed E-state index contributed by atoms with van der Waals surface area (Å²) < 4.78 is 6.63. The first-order valence-corrected chi connectivity index (χ1v) is 13.3. The third kappa shape index (κ3) is 12.1. The quantitative estimate of drug-likeness (QED) is 0.148. The van der Waals surface area contributed by atoms with E-state index in [1.165, 1.54) is 95.2 Å². The Morgan fingerprint density at radius 3 is 1.38 bits per heavy atom. The first kappa shape index (κ1) is 23.7. The number of hydrogen-bond acceptors (Lipinski definition) is 1. The van der Waals surface area contributed by atoms with Crippen molar-refractivity contribution in [2.45, 2.75) is 129 Å². The van der Waals surface area contributed by atoms with Crippen molar-refractivity contribution in [3.05, 3.63) is 0 Å². The van der Waals surface area contributed by atoms with E-state index >= 15 is 0 Å². The molecular weight excluding hydrogens is 308 g/mol. The van der Waals surface area contributed by atoms with E-state index in [0.717, 1.165) is 0 Å². The lowest BCUT2D eigenvalue weighted by Crippen LogP contribution is -2.41. The highest BCUT2D eigenvalue weighted by atomic mass is 28.4. The lowest BCUT2D eigenvalue weighted by atomic mass is 10.2. The van der Waals surface area contributed by atoms with Crippen molar-refractivity contribution in [2.75, 3.05) is 0 Å². The first-order chi connectivity index (χ1) is 11.6. The van der Waals surface area contributed by atoms with Crippen molar-refractivity contribution in [3.63, 3.8) is 0 Å². The van der Waals surface area contributed by atoms with Gasteiger partial charge in [0.2, 0.25) is 0 Å². The molecule has 1 nitrogen and oxygen atoms in total. The van der Waals surface area contributed by atoms with Gasteiger partial charge < -0.3 is 4.43 Å². The van der Waals surface area contributed by atoms with Gasteiger partial charge >= 0.3 is 0 Å². The topological polar surface area (TPSA) is 9.23 Å². The highest BCUT2D eigenvalue weighted by Gasteiger charge is 2.34. The average Bonchev–Trinajstić information content (AvgIpc) is 2.59. The zero-order chi connectivity index (χ0) is 18.1. The second-order valence-electron chi connectivity index (χ2n) is 7.54. The fourth-order valence-electron chi connectivity index (χ4n) is 3.58. The summed E-state index contributed by atoms with van der Waals surface area (Å²) in [6, 6.07) is 3.99. The van der Waals surface area contributed by atoms with Crippen LogP contribution in [0.1, 0.15) is 105 Å². The van der Waals surface area contributed by atoms with Crippen LogP contribution in [0.2, 0.25) is 18.1 Å². The van der Waals surface area contributed by atoms with Gasteiger partial charge in [0.1, 0.15) is 6.10 Å². The van der Waals surface area contributed by atoms with E-state index in [1.54, 1.807) is 0 Å². The van der Waals surface area contributed by atoms with Crippen LogP contribution in [-0.2, 0) is 4.43 Å². The van der Waals surface area contributed by atoms with Crippen molar-refractivity contribution in [2.24, 2.45) is 0 Å². The van der Waals surface area contributed by atoms with Gasteiger partial charge in [-0.2, -0.15) is 0 Å². The molecule has 0 N–H and O–H groups in total. The van der Waals surface area contributed by atoms with Crippen LogP contribution >= 0.6 is 0 Å². The van der Waals surface area contributed by atoms with E-state index in [9.17, 15) is 0 Å². The first-order valence-electron chi connectivity index (χ1n) is 10.8. The van der Waals surface area contributed by atoms with Crippen molar-refractivity contribution >= 4 is 8.32 Å². The molecule has 0 aromatic carbocycles. The number of hydrogen-bond donors (Lipinski definition) is 0. The molecule has 0 aliphatic carbocycles. The van der Waals surface area contributed by atoms with E-state index < -0.39 is 8.32 Å². The van der Waals surface area contributed by atoms with E-state index in [-0.39, 0.29) is 6.10 Å². The molecule has 0 rings (SSSR count). The average molecular weight is 353 g/mol. The summed E-state index contributed by atoms with van der Waals surface area (Å²) in [4.78, 5) is 0. The van der Waals surface area contributed by atoms with Crippen LogP contribution in [0.15, 0.2) is 0 Å². The van der Waals surface area contributed by atoms with Gasteiger partial charge in [-0.15, -0.1) is 6.42 Å². The van der Waals surface area contributed by atoms with Gasteiger partial charge in [-0.05, 0) is 25.1 Å². The summed E-state index contributed by atoms with van der Waals surface area (Å²) in [6.07, 6.45) is 21.8. The molecule has 0 aliphatic rings. The van der Waals surface area contributed by atoms with Gasteiger partial charge in [-0.25, -0.2) is 0 Å². The molecule has 0 amide bonds. The lowest BCUT2D eigenvalue weighted by molar-refractivity contribution is 0.255. The molecule has 0 aliphatic heterocycles. The van der Waals surface area contributed by atoms with Gasteiger partial charge in [0.15, 0.2) is 8.32 Å². The molecular formula is C22H44OSi. The summed E-state index contributed by atoms with van der Waals surface area (Å²) in [5, 5.41) is 0. The molecule has 0 aromatic rings. The molecule has 1 unspecified atom stereocenters. The lowest BCUT2D eigenvalue weighted by Gasteiger charge is -2.34. The highest BCUT2D eigenvalue weighted by molar-refractivity contribution is 6.73. The third-order valence-electron chi connectivity index (χ3n) is 5.12. The van der Waals surface area contributed by atoms with Crippen LogP contribution in [0.25, 0.3) is 0 Å². The second-order valence-corrected chi connectivity index (χ2v) is 11.6. The predicted molar refractivity (Wildman–Crippen MR) is 112 cm³/mol. The highest BCUT2D eigenvalue weighted by Crippen LogP contribution is 2.32. The van der Waals surface area contributed by atoms with Gasteiger partial charge in [0.05, 0.1) is 0 Å². The Labute approximate surface area is 154 Å². The second kappa shape index (κ2) is 16.2. The van der Waals surface area contributed by atoms with Crippen molar-refractivity contribution < 1.29 is 4.43 Å². The van der Waals surface area contributed by atoms with Gasteiger partial charge in [-0.1, -0.05) is 104 Å². The predicted octanol–water partition coefficient (Wildman–Crippen LogP) is 7.71. The monoisotopic (exact) mass is 352 g/mol. The van der Waals surface area contributed by atoms with Crippen molar-refractivity contribution in [1.82, 2.24) is 0 Å². The Balaban J connectivity index is 4.75. The minimum absolute atomic E-state index is 0.000178. The molecule has 142 valence electrons. The molecule has 0 saturated carbocycles. The maximum absolute atomic E-state index is 6.63. The zero-order valence-corrected chi connectivity index (χ0v) is 18.2. The maximum Gasteiger partial charge on any atom is 0.194 e. The standard InChI is InChI=1S/C22H44OSi/c1-6-10-13-16-19-24(23-22(5)9-4,20-17-14-11-7-2)21-18-15-12-8-3/h4,22H,6-8,10-21H2,1-3,5H3. The maximum atomic E-state index is 6.63. The summed E-state index contributed by atoms with van der Waals surface area (Å²) in [6.45, 7) is 8.94. The number of rotatable bonds is 17. The Morgan fingerprint density at radius 1 is 0.708 bits per heavy atom.